The molecule has 0 aliphatic carbocycles. The van der Waals surface area contributed by atoms with Crippen LogP contribution in [-0.4, -0.2) is 171 Å². The molecule has 0 bridgehead atoms. The number of Topliss-reactive ketones (excluding diaryl/α,β-unsaturated/α-hetero) is 1. The third kappa shape index (κ3) is 24.1. The summed E-state index contributed by atoms with van der Waals surface area (Å²) in [4.78, 5) is 13.2. The number of allylic oxidation sites excluding steroid dienone is 3. The Kier molecular flexibility index (Phi) is 28.0. The monoisotopic (exact) mass is 862 g/mol. The highest BCUT2D eigenvalue weighted by Crippen LogP contribution is 2.27. The zero-order valence-corrected chi connectivity index (χ0v) is 35.2. The summed E-state index contributed by atoms with van der Waals surface area (Å²) in [6, 6.07) is 0. The maximum absolute atomic E-state index is 13.2. The van der Waals surface area contributed by atoms with Crippen LogP contribution in [0.1, 0.15) is 97.8 Å². The van der Waals surface area contributed by atoms with E-state index in [0.717, 1.165) is 0 Å². The van der Waals surface area contributed by atoms with Crippen molar-refractivity contribution in [2.75, 3.05) is 6.54 Å². The second-order valence-electron chi connectivity index (χ2n) is 15.9. The topological polar surface area (TPSA) is 340 Å². The van der Waals surface area contributed by atoms with Gasteiger partial charge in [0.15, 0.2) is 12.2 Å². The summed E-state index contributed by atoms with van der Waals surface area (Å²) in [6.45, 7) is 5.37. The lowest BCUT2D eigenvalue weighted by molar-refractivity contribution is -0.306. The summed E-state index contributed by atoms with van der Waals surface area (Å²) in [7, 11) is 0. The third-order valence-corrected chi connectivity index (χ3v) is 10.2. The Morgan fingerprint density at radius 3 is 1.78 bits per heavy atom. The Labute approximate surface area is 353 Å². The van der Waals surface area contributed by atoms with Crippen LogP contribution in [0.15, 0.2) is 48.6 Å². The van der Waals surface area contributed by atoms with Crippen LogP contribution in [0.2, 0.25) is 0 Å². The average Bonchev–Trinajstić information content (AvgIpc) is 3.14. The van der Waals surface area contributed by atoms with Crippen LogP contribution in [0.3, 0.4) is 0 Å². The molecule has 18 nitrogen and oxygen atoms in total. The van der Waals surface area contributed by atoms with Crippen LogP contribution in [0.25, 0.3) is 0 Å². The molecule has 0 saturated carbocycles. The molecule has 1 saturated heterocycles. The van der Waals surface area contributed by atoms with Crippen LogP contribution < -0.4 is 11.1 Å². The lowest BCUT2D eigenvalue weighted by atomic mass is 9.91. The zero-order chi connectivity index (χ0) is 45.4. The number of aliphatic hydroxyl groups is 12. The highest BCUT2D eigenvalue weighted by Gasteiger charge is 2.44. The first-order valence-corrected chi connectivity index (χ1v) is 20.9. The first-order valence-electron chi connectivity index (χ1n) is 20.9. The standard InChI is InChI=1S/C42H75N3O15/c1-4-5-6-7-16-37(60-41-40(58)39(57)38(56)26(3)59-41)25(2)36(55)24-35(54)23-34(53)21-30(49)14-9-13-29(48)20-33(52)22-32(51)19-28(47)12-8-11-27(46)18-31(50)15-10-17-45-42(43)44/h4-9,12,14,25-35,37-41,46-54,56-58H,10-11,13,15-24H2,1-3H3,(H4,43,44,45)/b5-4+,7-6+,12-8+,14-9+. The Bertz CT molecular complexity index is 1300. The molecule has 16 unspecified atom stereocenters. The molecule has 0 aromatic heterocycles. The number of rotatable bonds is 31. The van der Waals surface area contributed by atoms with E-state index >= 15 is 0 Å². The molecule has 1 fully saturated rings. The number of carbonyl (C=O) groups excluding carboxylic acids is 1. The zero-order valence-electron chi connectivity index (χ0n) is 35.2. The summed E-state index contributed by atoms with van der Waals surface area (Å²) in [5, 5.41) is 133. The maximum Gasteiger partial charge on any atom is 0.186 e. The summed E-state index contributed by atoms with van der Waals surface area (Å²) in [5.74, 6) is -1.36. The van der Waals surface area contributed by atoms with Crippen molar-refractivity contribution in [2.45, 2.75) is 190 Å². The fraction of sp³-hybridized carbons (Fsp3) is 0.762. The number of ether oxygens (including phenoxy) is 2. The molecule has 1 aliphatic heterocycles. The molecule has 1 rings (SSSR count). The lowest BCUT2D eigenvalue weighted by Gasteiger charge is -2.41. The van der Waals surface area contributed by atoms with Gasteiger partial charge in [0.25, 0.3) is 0 Å². The first kappa shape index (κ1) is 55.4. The van der Waals surface area contributed by atoms with Crippen LogP contribution in [0, 0.1) is 11.3 Å². The van der Waals surface area contributed by atoms with Crippen molar-refractivity contribution in [3.05, 3.63) is 48.6 Å². The van der Waals surface area contributed by atoms with Gasteiger partial charge >= 0.3 is 0 Å². The predicted molar refractivity (Wildman–Crippen MR) is 223 cm³/mol. The molecule has 0 radical (unpaired) electrons. The molecule has 1 heterocycles. The van der Waals surface area contributed by atoms with Gasteiger partial charge in [-0.05, 0) is 71.6 Å². The Hall–Kier alpha value is -2.66. The molecule has 0 spiro atoms. The normalized spacial score (nSPS) is 25.8. The number of nitrogens with two attached hydrogens (primary N) is 1. The van der Waals surface area contributed by atoms with Gasteiger partial charge < -0.3 is 81.8 Å². The van der Waals surface area contributed by atoms with Gasteiger partial charge in [-0.1, -0.05) is 55.5 Å². The molecule has 16 atom stereocenters. The number of nitrogens with one attached hydrogen (secondary N) is 2. The largest absolute Gasteiger partial charge is 0.393 e. The molecular weight excluding hydrogens is 786 g/mol. The van der Waals surface area contributed by atoms with Crippen LogP contribution in [-0.2, 0) is 14.3 Å². The van der Waals surface area contributed by atoms with Crippen molar-refractivity contribution in [1.82, 2.24) is 5.32 Å². The predicted octanol–water partition coefficient (Wildman–Crippen LogP) is -0.939. The number of ketones is 1. The van der Waals surface area contributed by atoms with Gasteiger partial charge in [0.1, 0.15) is 24.1 Å². The molecule has 16 N–H and O–H groups in total. The fourth-order valence-electron chi connectivity index (χ4n) is 6.70. The quantitative estimate of drug-likeness (QED) is 0.0131. The molecule has 0 aromatic carbocycles. The van der Waals surface area contributed by atoms with Gasteiger partial charge in [0.2, 0.25) is 0 Å². The van der Waals surface area contributed by atoms with E-state index in [1.165, 1.54) is 25.2 Å². The van der Waals surface area contributed by atoms with E-state index in [-0.39, 0.29) is 70.2 Å². The lowest BCUT2D eigenvalue weighted by Crippen LogP contribution is -2.58. The van der Waals surface area contributed by atoms with Crippen molar-refractivity contribution >= 4 is 11.7 Å². The average molecular weight is 862 g/mol. The number of carbonyl (C=O) groups is 1. The van der Waals surface area contributed by atoms with Crippen LogP contribution in [0.4, 0.5) is 0 Å². The third-order valence-electron chi connectivity index (χ3n) is 10.2. The van der Waals surface area contributed by atoms with E-state index in [1.807, 2.05) is 6.92 Å². The molecular formula is C42H75N3O15. The second kappa shape index (κ2) is 30.4. The number of hydrogen-bond donors (Lipinski definition) is 15. The minimum absolute atomic E-state index is 0.0432. The smallest absolute Gasteiger partial charge is 0.186 e. The van der Waals surface area contributed by atoms with Crippen molar-refractivity contribution in [3.63, 3.8) is 0 Å². The van der Waals surface area contributed by atoms with Crippen molar-refractivity contribution in [2.24, 2.45) is 11.7 Å². The highest BCUT2D eigenvalue weighted by atomic mass is 16.7. The number of guanidine groups is 1. The first-order chi connectivity index (χ1) is 28.2. The maximum atomic E-state index is 13.2. The van der Waals surface area contributed by atoms with Crippen molar-refractivity contribution in [1.29, 1.82) is 5.41 Å². The van der Waals surface area contributed by atoms with Crippen molar-refractivity contribution in [3.8, 4) is 0 Å². The van der Waals surface area contributed by atoms with E-state index in [4.69, 9.17) is 20.6 Å². The van der Waals surface area contributed by atoms with E-state index in [2.05, 4.69) is 5.32 Å². The summed E-state index contributed by atoms with van der Waals surface area (Å²) >= 11 is 0. The SMILES string of the molecule is C/C=C/C=C/CC(OC1OC(C)C(O)C(O)C1O)C(C)C(=O)CC(O)CC(O)CC(O)/C=C/CC(O)CC(O)CC(O)CC(O)/C=C/CC(O)CC(O)CCCNC(=N)N. The molecule has 348 valence electrons. The Morgan fingerprint density at radius 1 is 0.717 bits per heavy atom. The van der Waals surface area contributed by atoms with Gasteiger partial charge in [-0.15, -0.1) is 0 Å². The van der Waals surface area contributed by atoms with E-state index in [0.29, 0.717) is 19.4 Å². The molecule has 0 aromatic rings. The van der Waals surface area contributed by atoms with Crippen LogP contribution in [0.5, 0.6) is 0 Å². The van der Waals surface area contributed by atoms with Crippen LogP contribution >= 0.6 is 0 Å². The minimum Gasteiger partial charge on any atom is -0.393 e. The summed E-state index contributed by atoms with van der Waals surface area (Å²) < 4.78 is 11.5. The minimum atomic E-state index is -1.57. The Balaban J connectivity index is 2.47. The van der Waals surface area contributed by atoms with Gasteiger partial charge in [-0.25, -0.2) is 0 Å². The summed E-state index contributed by atoms with van der Waals surface area (Å²) in [6.07, 6.45) is -3.51. The van der Waals surface area contributed by atoms with Gasteiger partial charge in [0.05, 0.1) is 67.1 Å². The number of hydrogen-bond acceptors (Lipinski definition) is 16. The molecule has 0 amide bonds. The molecule has 1 aliphatic rings. The summed E-state index contributed by atoms with van der Waals surface area (Å²) in [5.41, 5.74) is 5.20. The van der Waals surface area contributed by atoms with Gasteiger partial charge in [-0.2, -0.15) is 0 Å². The van der Waals surface area contributed by atoms with E-state index < -0.39 is 103 Å². The highest BCUT2D eigenvalue weighted by molar-refractivity contribution is 5.81. The van der Waals surface area contributed by atoms with Gasteiger partial charge in [0, 0.05) is 31.7 Å². The van der Waals surface area contributed by atoms with Gasteiger partial charge in [-0.3, -0.25) is 10.2 Å². The van der Waals surface area contributed by atoms with E-state index in [1.54, 1.807) is 37.3 Å². The molecule has 60 heavy (non-hydrogen) atoms. The molecule has 18 heteroatoms. The Morgan fingerprint density at radius 2 is 1.23 bits per heavy atom. The van der Waals surface area contributed by atoms with E-state index in [9.17, 15) is 66.1 Å². The van der Waals surface area contributed by atoms with Crippen molar-refractivity contribution < 1.29 is 75.5 Å². The second-order valence-corrected chi connectivity index (χ2v) is 15.9. The fourth-order valence-corrected chi connectivity index (χ4v) is 6.70. The number of aliphatic hydroxyl groups excluding tert-OH is 12.